The fourth-order valence-electron chi connectivity index (χ4n) is 2.25. The summed E-state index contributed by atoms with van der Waals surface area (Å²) in [5.41, 5.74) is 1.93. The number of ether oxygens (including phenoxy) is 3. The normalized spacial score (nSPS) is 10.2. The largest absolute Gasteiger partial charge is 0.502 e. The van der Waals surface area contributed by atoms with Crippen LogP contribution in [0.1, 0.15) is 17.3 Å². The molecule has 0 saturated carbocycles. The van der Waals surface area contributed by atoms with Gasteiger partial charge in [-0.05, 0) is 48.4 Å². The molecule has 5 heteroatoms. The second-order valence-electron chi connectivity index (χ2n) is 4.70. The van der Waals surface area contributed by atoms with Gasteiger partial charge in [0.1, 0.15) is 5.75 Å². The predicted molar refractivity (Wildman–Crippen MR) is 83.2 cm³/mol. The van der Waals surface area contributed by atoms with Crippen molar-refractivity contribution in [3.63, 3.8) is 0 Å². The summed E-state index contributed by atoms with van der Waals surface area (Å²) in [6, 6.07) is 8.51. The zero-order valence-corrected chi connectivity index (χ0v) is 13.0. The molecule has 116 valence electrons. The van der Waals surface area contributed by atoms with Gasteiger partial charge >= 0.3 is 0 Å². The lowest BCUT2D eigenvalue weighted by Gasteiger charge is -2.14. The fraction of sp³-hybridized carbons (Fsp3) is 0.235. The van der Waals surface area contributed by atoms with Gasteiger partial charge in [0.2, 0.25) is 5.75 Å². The maximum Gasteiger partial charge on any atom is 0.200 e. The summed E-state index contributed by atoms with van der Waals surface area (Å²) in [6.45, 7) is 1.50. The number of phenolic OH excluding ortho intramolecular Hbond substituents is 1. The molecule has 0 aliphatic carbocycles. The highest BCUT2D eigenvalue weighted by Gasteiger charge is 2.16. The topological polar surface area (TPSA) is 65.0 Å². The number of ketones is 1. The maximum atomic E-state index is 11.9. The highest BCUT2D eigenvalue weighted by atomic mass is 16.5. The van der Waals surface area contributed by atoms with E-state index in [9.17, 15) is 9.90 Å². The molecule has 22 heavy (non-hydrogen) atoms. The summed E-state index contributed by atoms with van der Waals surface area (Å²) >= 11 is 0. The average molecular weight is 302 g/mol. The molecule has 0 heterocycles. The summed E-state index contributed by atoms with van der Waals surface area (Å²) < 4.78 is 15.5. The van der Waals surface area contributed by atoms with Crippen LogP contribution in [0.5, 0.6) is 23.0 Å². The molecular weight excluding hydrogens is 284 g/mol. The number of carbonyl (C=O) groups excluding carboxylic acids is 1. The van der Waals surface area contributed by atoms with Gasteiger partial charge in [-0.2, -0.15) is 0 Å². The Morgan fingerprint density at radius 2 is 1.55 bits per heavy atom. The van der Waals surface area contributed by atoms with Crippen LogP contribution >= 0.6 is 0 Å². The minimum atomic E-state index is -0.0824. The number of benzene rings is 2. The zero-order valence-electron chi connectivity index (χ0n) is 13.0. The van der Waals surface area contributed by atoms with Crippen molar-refractivity contribution in [1.82, 2.24) is 0 Å². The molecule has 0 aromatic heterocycles. The van der Waals surface area contributed by atoms with Crippen molar-refractivity contribution in [2.75, 3.05) is 21.3 Å². The second kappa shape index (κ2) is 6.39. The third kappa shape index (κ3) is 2.83. The minimum Gasteiger partial charge on any atom is -0.502 e. The number of carbonyl (C=O) groups is 1. The SMILES string of the molecule is COc1ccc(C(C)=O)c(-c2cc(OC)c(O)c(OC)c2)c1. The number of hydrogen-bond donors (Lipinski definition) is 1. The Kier molecular flexibility index (Phi) is 4.56. The van der Waals surface area contributed by atoms with Crippen LogP contribution in [-0.2, 0) is 0 Å². The molecule has 0 aliphatic rings. The lowest BCUT2D eigenvalue weighted by molar-refractivity contribution is 0.101. The summed E-state index contributed by atoms with van der Waals surface area (Å²) in [7, 11) is 4.47. The van der Waals surface area contributed by atoms with Gasteiger partial charge in [-0.25, -0.2) is 0 Å². The van der Waals surface area contributed by atoms with Gasteiger partial charge in [-0.3, -0.25) is 4.79 Å². The first-order valence-corrected chi connectivity index (χ1v) is 6.66. The standard InChI is InChI=1S/C17H18O5/c1-10(18)13-6-5-12(20-2)9-14(13)11-7-15(21-3)17(19)16(8-11)22-4/h5-9,19H,1-4H3. The Morgan fingerprint density at radius 3 is 2.00 bits per heavy atom. The smallest absolute Gasteiger partial charge is 0.200 e. The first-order chi connectivity index (χ1) is 10.5. The third-order valence-electron chi connectivity index (χ3n) is 3.40. The van der Waals surface area contributed by atoms with E-state index < -0.39 is 0 Å². The van der Waals surface area contributed by atoms with Crippen molar-refractivity contribution in [3.8, 4) is 34.1 Å². The Bertz CT molecular complexity index is 681. The van der Waals surface area contributed by atoms with E-state index in [1.54, 1.807) is 37.4 Å². The first kappa shape index (κ1) is 15.7. The number of methoxy groups -OCH3 is 3. The van der Waals surface area contributed by atoms with Gasteiger partial charge in [-0.15, -0.1) is 0 Å². The molecule has 0 unspecified atom stereocenters. The van der Waals surface area contributed by atoms with Crippen LogP contribution in [0.25, 0.3) is 11.1 Å². The van der Waals surface area contributed by atoms with Crippen molar-refractivity contribution in [2.45, 2.75) is 6.92 Å². The van der Waals surface area contributed by atoms with E-state index >= 15 is 0 Å². The molecule has 0 aliphatic heterocycles. The number of phenols is 1. The molecule has 5 nitrogen and oxygen atoms in total. The molecule has 2 aromatic rings. The molecule has 0 spiro atoms. The summed E-state index contributed by atoms with van der Waals surface area (Å²) in [6.07, 6.45) is 0. The Hall–Kier alpha value is -2.69. The van der Waals surface area contributed by atoms with Crippen molar-refractivity contribution >= 4 is 5.78 Å². The van der Waals surface area contributed by atoms with Gasteiger partial charge < -0.3 is 19.3 Å². The van der Waals surface area contributed by atoms with Crippen LogP contribution in [0.2, 0.25) is 0 Å². The zero-order chi connectivity index (χ0) is 16.3. The van der Waals surface area contributed by atoms with E-state index in [1.165, 1.54) is 21.1 Å². The van der Waals surface area contributed by atoms with Gasteiger partial charge in [0, 0.05) is 5.56 Å². The molecule has 0 radical (unpaired) electrons. The van der Waals surface area contributed by atoms with E-state index in [-0.39, 0.29) is 23.0 Å². The fourth-order valence-corrected chi connectivity index (χ4v) is 2.25. The van der Waals surface area contributed by atoms with E-state index in [4.69, 9.17) is 14.2 Å². The summed E-state index contributed by atoms with van der Waals surface area (Å²) in [5, 5.41) is 10.00. The van der Waals surface area contributed by atoms with E-state index in [0.29, 0.717) is 22.4 Å². The average Bonchev–Trinajstić information content (AvgIpc) is 2.54. The van der Waals surface area contributed by atoms with Gasteiger partial charge in [0.05, 0.1) is 21.3 Å². The predicted octanol–water partition coefficient (Wildman–Crippen LogP) is 3.29. The monoisotopic (exact) mass is 302 g/mol. The van der Waals surface area contributed by atoms with Gasteiger partial charge in [-0.1, -0.05) is 0 Å². The molecular formula is C17H18O5. The molecule has 0 atom stereocenters. The Balaban J connectivity index is 2.72. The molecule has 0 saturated heterocycles. The van der Waals surface area contributed by atoms with Crippen LogP contribution in [-0.4, -0.2) is 32.2 Å². The number of aromatic hydroxyl groups is 1. The molecule has 0 amide bonds. The first-order valence-electron chi connectivity index (χ1n) is 6.66. The van der Waals surface area contributed by atoms with Crippen LogP contribution in [0.4, 0.5) is 0 Å². The van der Waals surface area contributed by atoms with Crippen molar-refractivity contribution in [2.24, 2.45) is 0 Å². The quantitative estimate of drug-likeness (QED) is 0.859. The van der Waals surface area contributed by atoms with Crippen LogP contribution in [0.3, 0.4) is 0 Å². The van der Waals surface area contributed by atoms with Crippen LogP contribution in [0.15, 0.2) is 30.3 Å². The molecule has 0 bridgehead atoms. The molecule has 1 N–H and O–H groups in total. The van der Waals surface area contributed by atoms with E-state index in [1.807, 2.05) is 0 Å². The van der Waals surface area contributed by atoms with Crippen molar-refractivity contribution in [1.29, 1.82) is 0 Å². The number of rotatable bonds is 5. The molecule has 2 rings (SSSR count). The van der Waals surface area contributed by atoms with Gasteiger partial charge in [0.15, 0.2) is 17.3 Å². The second-order valence-corrected chi connectivity index (χ2v) is 4.70. The Morgan fingerprint density at radius 1 is 0.955 bits per heavy atom. The molecule has 0 fully saturated rings. The lowest BCUT2D eigenvalue weighted by atomic mass is 9.96. The highest BCUT2D eigenvalue weighted by molar-refractivity contribution is 6.01. The van der Waals surface area contributed by atoms with Crippen LogP contribution < -0.4 is 14.2 Å². The summed E-state index contributed by atoms with van der Waals surface area (Å²) in [5.74, 6) is 1.02. The maximum absolute atomic E-state index is 11.9. The van der Waals surface area contributed by atoms with E-state index in [2.05, 4.69) is 0 Å². The minimum absolute atomic E-state index is 0.0661. The van der Waals surface area contributed by atoms with Crippen LogP contribution in [0, 0.1) is 0 Å². The highest BCUT2D eigenvalue weighted by Crippen LogP contribution is 2.41. The number of Topliss-reactive ketones (excluding diaryl/α,β-unsaturated/α-hetero) is 1. The third-order valence-corrected chi connectivity index (χ3v) is 3.40. The van der Waals surface area contributed by atoms with E-state index in [0.717, 1.165) is 0 Å². The van der Waals surface area contributed by atoms with Crippen molar-refractivity contribution < 1.29 is 24.1 Å². The lowest BCUT2D eigenvalue weighted by Crippen LogP contribution is -1.98. The summed E-state index contributed by atoms with van der Waals surface area (Å²) in [4.78, 5) is 11.9. The van der Waals surface area contributed by atoms with Crippen molar-refractivity contribution in [3.05, 3.63) is 35.9 Å². The number of hydrogen-bond acceptors (Lipinski definition) is 5. The molecule has 2 aromatic carbocycles. The Labute approximate surface area is 129 Å². The van der Waals surface area contributed by atoms with Gasteiger partial charge in [0.25, 0.3) is 0 Å².